The maximum absolute atomic E-state index is 5.63. The molecule has 3 N–H and O–H groups in total. The molecule has 1 aliphatic rings. The highest BCUT2D eigenvalue weighted by Gasteiger charge is 2.25. The molecule has 1 fully saturated rings. The summed E-state index contributed by atoms with van der Waals surface area (Å²) < 4.78 is 0. The van der Waals surface area contributed by atoms with Crippen LogP contribution in [0.25, 0.3) is 0 Å². The van der Waals surface area contributed by atoms with Crippen molar-refractivity contribution in [2.24, 2.45) is 11.8 Å². The summed E-state index contributed by atoms with van der Waals surface area (Å²) >= 11 is 0. The molecular weight excluding hydrogens is 250 g/mol. The summed E-state index contributed by atoms with van der Waals surface area (Å²) in [6.45, 7) is 12.8. The summed E-state index contributed by atoms with van der Waals surface area (Å²) in [7, 11) is 0. The summed E-state index contributed by atoms with van der Waals surface area (Å²) in [4.78, 5) is 11.8. The van der Waals surface area contributed by atoms with Crippen molar-refractivity contribution in [3.8, 4) is 0 Å². The topological polar surface area (TPSA) is 67.1 Å². The van der Waals surface area contributed by atoms with E-state index >= 15 is 0 Å². The van der Waals surface area contributed by atoms with Gasteiger partial charge in [-0.15, -0.1) is 0 Å². The Morgan fingerprint density at radius 1 is 1.30 bits per heavy atom. The van der Waals surface area contributed by atoms with Gasteiger partial charge in [-0.25, -0.2) is 15.8 Å². The van der Waals surface area contributed by atoms with E-state index in [2.05, 4.69) is 43.0 Å². The molecule has 20 heavy (non-hydrogen) atoms. The lowest BCUT2D eigenvalue weighted by Crippen LogP contribution is -2.36. The quantitative estimate of drug-likeness (QED) is 0.642. The van der Waals surface area contributed by atoms with Crippen LogP contribution in [-0.2, 0) is 5.41 Å². The number of nitrogen functional groups attached to an aromatic ring is 1. The van der Waals surface area contributed by atoms with Crippen LogP contribution >= 0.6 is 0 Å². The molecule has 0 saturated carbocycles. The molecule has 1 aromatic rings. The lowest BCUT2D eigenvalue weighted by atomic mass is 9.95. The van der Waals surface area contributed by atoms with E-state index in [0.717, 1.165) is 36.1 Å². The lowest BCUT2D eigenvalue weighted by Gasteiger charge is -2.34. The van der Waals surface area contributed by atoms with Crippen molar-refractivity contribution in [2.75, 3.05) is 23.4 Å². The second-order valence-corrected chi connectivity index (χ2v) is 6.93. The van der Waals surface area contributed by atoms with E-state index in [0.29, 0.717) is 5.92 Å². The third-order valence-electron chi connectivity index (χ3n) is 3.88. The summed E-state index contributed by atoms with van der Waals surface area (Å²) in [5.74, 6) is 8.95. The minimum Gasteiger partial charge on any atom is -0.356 e. The summed E-state index contributed by atoms with van der Waals surface area (Å²) in [5.41, 5.74) is 3.67. The number of hydrogen-bond acceptors (Lipinski definition) is 5. The Morgan fingerprint density at radius 2 is 2.00 bits per heavy atom. The SMILES string of the molecule is Cc1c(NN)nc(C(C)(C)C)nc1N1CCCC(C)C1. The third-order valence-corrected chi connectivity index (χ3v) is 3.88. The molecule has 2 heterocycles. The zero-order valence-corrected chi connectivity index (χ0v) is 13.3. The van der Waals surface area contributed by atoms with Crippen LogP contribution in [0.3, 0.4) is 0 Å². The number of rotatable bonds is 2. The van der Waals surface area contributed by atoms with Gasteiger partial charge in [0.15, 0.2) is 0 Å². The molecule has 0 spiro atoms. The molecule has 0 aliphatic carbocycles. The van der Waals surface area contributed by atoms with E-state index in [1.54, 1.807) is 0 Å². The van der Waals surface area contributed by atoms with Gasteiger partial charge in [-0.1, -0.05) is 27.7 Å². The van der Waals surface area contributed by atoms with Crippen LogP contribution in [0.2, 0.25) is 0 Å². The highest BCUT2D eigenvalue weighted by Crippen LogP contribution is 2.30. The number of piperidine rings is 1. The van der Waals surface area contributed by atoms with Crippen LogP contribution in [0.15, 0.2) is 0 Å². The number of nitrogens with two attached hydrogens (primary N) is 1. The van der Waals surface area contributed by atoms with Gasteiger partial charge in [-0.2, -0.15) is 0 Å². The number of hydrazine groups is 1. The van der Waals surface area contributed by atoms with Crippen LogP contribution in [0.5, 0.6) is 0 Å². The molecule has 5 nitrogen and oxygen atoms in total. The fourth-order valence-corrected chi connectivity index (χ4v) is 2.67. The smallest absolute Gasteiger partial charge is 0.148 e. The third kappa shape index (κ3) is 3.03. The summed E-state index contributed by atoms with van der Waals surface area (Å²) in [6, 6.07) is 0. The molecular formula is C15H27N5. The first-order chi connectivity index (χ1) is 9.32. The Hall–Kier alpha value is -1.36. The van der Waals surface area contributed by atoms with Crippen LogP contribution in [0.1, 0.15) is 51.9 Å². The highest BCUT2D eigenvalue weighted by atomic mass is 15.3. The normalized spacial score (nSPS) is 20.1. The van der Waals surface area contributed by atoms with Crippen molar-refractivity contribution in [3.05, 3.63) is 11.4 Å². The van der Waals surface area contributed by atoms with Crippen LogP contribution in [0.4, 0.5) is 11.6 Å². The maximum atomic E-state index is 5.63. The zero-order valence-electron chi connectivity index (χ0n) is 13.3. The van der Waals surface area contributed by atoms with Crippen molar-refractivity contribution < 1.29 is 0 Å². The van der Waals surface area contributed by atoms with E-state index in [1.807, 2.05) is 6.92 Å². The van der Waals surface area contributed by atoms with Gasteiger partial charge in [0, 0.05) is 24.1 Å². The van der Waals surface area contributed by atoms with Gasteiger partial charge in [-0.05, 0) is 25.7 Å². The largest absolute Gasteiger partial charge is 0.356 e. The molecule has 112 valence electrons. The summed E-state index contributed by atoms with van der Waals surface area (Å²) in [6.07, 6.45) is 2.52. The number of aromatic nitrogens is 2. The van der Waals surface area contributed by atoms with Crippen molar-refractivity contribution >= 4 is 11.6 Å². The molecule has 5 heteroatoms. The molecule has 1 atom stereocenters. The Morgan fingerprint density at radius 3 is 2.55 bits per heavy atom. The van der Waals surface area contributed by atoms with Crippen molar-refractivity contribution in [3.63, 3.8) is 0 Å². The fraction of sp³-hybridized carbons (Fsp3) is 0.733. The zero-order chi connectivity index (χ0) is 14.9. The Labute approximate surface area is 121 Å². The van der Waals surface area contributed by atoms with Gasteiger partial charge in [0.05, 0.1) is 0 Å². The molecule has 1 aromatic heterocycles. The molecule has 0 amide bonds. The number of nitrogens with one attached hydrogen (secondary N) is 1. The number of hydrogen-bond donors (Lipinski definition) is 2. The molecule has 0 bridgehead atoms. The van der Waals surface area contributed by atoms with Crippen molar-refractivity contribution in [2.45, 2.75) is 52.9 Å². The summed E-state index contributed by atoms with van der Waals surface area (Å²) in [5, 5.41) is 0. The molecule has 0 aromatic carbocycles. The van der Waals surface area contributed by atoms with E-state index < -0.39 is 0 Å². The average molecular weight is 277 g/mol. The van der Waals surface area contributed by atoms with Gasteiger partial charge >= 0.3 is 0 Å². The van der Waals surface area contributed by atoms with E-state index in [-0.39, 0.29) is 5.41 Å². The van der Waals surface area contributed by atoms with Crippen LogP contribution < -0.4 is 16.2 Å². The molecule has 1 aliphatic heterocycles. The fourth-order valence-electron chi connectivity index (χ4n) is 2.67. The first-order valence-corrected chi connectivity index (χ1v) is 7.43. The number of anilines is 2. The van der Waals surface area contributed by atoms with Crippen molar-refractivity contribution in [1.82, 2.24) is 9.97 Å². The second-order valence-electron chi connectivity index (χ2n) is 6.93. The standard InChI is InChI=1S/C15H27N5/c1-10-7-6-8-20(9-10)13-11(2)12(19-16)17-14(18-13)15(3,4)5/h10H,6-9,16H2,1-5H3,(H,17,18,19). The van der Waals surface area contributed by atoms with Gasteiger partial charge in [0.1, 0.15) is 17.5 Å². The van der Waals surface area contributed by atoms with Gasteiger partial charge < -0.3 is 10.3 Å². The molecule has 1 unspecified atom stereocenters. The van der Waals surface area contributed by atoms with Gasteiger partial charge in [-0.3, -0.25) is 0 Å². The molecule has 1 saturated heterocycles. The van der Waals surface area contributed by atoms with E-state index in [1.165, 1.54) is 12.8 Å². The van der Waals surface area contributed by atoms with Gasteiger partial charge in [0.2, 0.25) is 0 Å². The first-order valence-electron chi connectivity index (χ1n) is 7.43. The highest BCUT2D eigenvalue weighted by molar-refractivity contribution is 5.58. The minimum absolute atomic E-state index is 0.0878. The van der Waals surface area contributed by atoms with Crippen LogP contribution in [-0.4, -0.2) is 23.1 Å². The predicted molar refractivity (Wildman–Crippen MR) is 83.9 cm³/mol. The predicted octanol–water partition coefficient (Wildman–Crippen LogP) is 2.60. The second kappa shape index (κ2) is 5.56. The van der Waals surface area contributed by atoms with Gasteiger partial charge in [0.25, 0.3) is 0 Å². The lowest BCUT2D eigenvalue weighted by molar-refractivity contribution is 0.442. The first kappa shape index (κ1) is 15.0. The Kier molecular flexibility index (Phi) is 4.18. The number of nitrogens with zero attached hydrogens (tertiary/aromatic N) is 3. The van der Waals surface area contributed by atoms with Crippen LogP contribution in [0, 0.1) is 12.8 Å². The average Bonchev–Trinajstić information content (AvgIpc) is 2.37. The maximum Gasteiger partial charge on any atom is 0.148 e. The minimum atomic E-state index is -0.0878. The van der Waals surface area contributed by atoms with Crippen molar-refractivity contribution in [1.29, 1.82) is 0 Å². The van der Waals surface area contributed by atoms with E-state index in [4.69, 9.17) is 10.8 Å². The molecule has 2 rings (SSSR count). The Bertz CT molecular complexity index is 478. The Balaban J connectivity index is 2.45. The van der Waals surface area contributed by atoms with E-state index in [9.17, 15) is 0 Å². The molecule has 0 radical (unpaired) electrons. The monoisotopic (exact) mass is 277 g/mol.